The number of hydrogen-bond acceptors (Lipinski definition) is 0. The van der Waals surface area contributed by atoms with Crippen LogP contribution in [0, 0.1) is 0 Å². The van der Waals surface area contributed by atoms with Gasteiger partial charge in [0.25, 0.3) is 0 Å². The monoisotopic (exact) mass is 1230 g/mol. The van der Waals surface area contributed by atoms with Gasteiger partial charge in [0.1, 0.15) is 0 Å². The van der Waals surface area contributed by atoms with Gasteiger partial charge in [-0.3, -0.25) is 0 Å². The summed E-state index contributed by atoms with van der Waals surface area (Å²) in [5, 5.41) is 20.8. The van der Waals surface area contributed by atoms with Crippen LogP contribution in [0.15, 0.2) is 291 Å². The average molecular weight is 1230 g/mol. The van der Waals surface area contributed by atoms with Crippen molar-refractivity contribution in [2.24, 2.45) is 0 Å². The Morgan fingerprint density at radius 1 is 0.177 bits per heavy atom. The van der Waals surface area contributed by atoms with Crippen LogP contribution in [0.3, 0.4) is 0 Å². The number of aromatic nitrogens is 6. The van der Waals surface area contributed by atoms with Crippen molar-refractivity contribution in [1.82, 2.24) is 27.1 Å². The van der Waals surface area contributed by atoms with Crippen LogP contribution < -0.4 is 0 Å². The number of para-hydroxylation sites is 8. The van der Waals surface area contributed by atoms with Gasteiger partial charge in [0.2, 0.25) is 0 Å². The molecule has 0 N–H and O–H groups in total. The lowest BCUT2D eigenvalue weighted by molar-refractivity contribution is 0.870. The summed E-state index contributed by atoms with van der Waals surface area (Å²) in [4.78, 5) is 0. The molecule has 0 bridgehead atoms. The molecule has 8 aromatic heterocycles. The maximum absolute atomic E-state index is 2.56. The van der Waals surface area contributed by atoms with Gasteiger partial charge < -0.3 is 27.1 Å². The van der Waals surface area contributed by atoms with E-state index in [9.17, 15) is 0 Å². The van der Waals surface area contributed by atoms with Crippen LogP contribution in [0.4, 0.5) is 0 Å². The average Bonchev–Trinajstić information content (AvgIpc) is 1.53. The Labute approximate surface area is 551 Å². The molecule has 22 aromatic rings. The van der Waals surface area contributed by atoms with E-state index in [2.05, 4.69) is 346 Å². The lowest BCUT2D eigenvalue weighted by Gasteiger charge is -2.09. The minimum atomic E-state index is 0.409. The number of fused-ring (bicyclic) bond motifs is 24. The van der Waals surface area contributed by atoms with Gasteiger partial charge in [-0.25, -0.2) is 0 Å². The molecule has 14 aromatic carbocycles. The molecular formula is C90H62N6. The third-order valence-corrected chi connectivity index (χ3v) is 21.4. The zero-order valence-corrected chi connectivity index (χ0v) is 53.6. The maximum atomic E-state index is 2.56. The van der Waals surface area contributed by atoms with Crippen LogP contribution in [0.5, 0.6) is 0 Å². The van der Waals surface area contributed by atoms with E-state index in [-0.39, 0.29) is 0 Å². The van der Waals surface area contributed by atoms with E-state index >= 15 is 0 Å². The number of nitrogens with zero attached hydrogens (tertiary/aromatic N) is 6. The number of rotatable bonds is 6. The molecular weight excluding hydrogens is 1170 g/mol. The topological polar surface area (TPSA) is 28.5 Å². The molecule has 6 nitrogen and oxygen atoms in total. The summed E-state index contributed by atoms with van der Waals surface area (Å²) in [7, 11) is 0. The van der Waals surface area contributed by atoms with E-state index < -0.39 is 0 Å². The van der Waals surface area contributed by atoms with Gasteiger partial charge in [-0.05, 0) is 169 Å². The molecule has 0 radical (unpaired) electrons. The molecule has 8 heterocycles. The van der Waals surface area contributed by atoms with Gasteiger partial charge in [0.05, 0.1) is 77.2 Å². The fourth-order valence-electron chi connectivity index (χ4n) is 17.1. The van der Waals surface area contributed by atoms with Crippen LogP contribution in [0.1, 0.15) is 50.7 Å². The van der Waals surface area contributed by atoms with E-state index in [1.165, 1.54) is 197 Å². The first kappa shape index (κ1) is 53.4. The molecule has 0 amide bonds. The maximum Gasteiger partial charge on any atom is 0.0620 e. The second-order valence-corrected chi connectivity index (χ2v) is 27.2. The fourth-order valence-corrected chi connectivity index (χ4v) is 17.1. The van der Waals surface area contributed by atoms with Crippen molar-refractivity contribution in [2.45, 2.75) is 39.5 Å². The first-order valence-corrected chi connectivity index (χ1v) is 33.8. The molecule has 0 saturated carbocycles. The highest BCUT2D eigenvalue weighted by atomic mass is 15.0. The summed E-state index contributed by atoms with van der Waals surface area (Å²) < 4.78 is 14.8. The summed E-state index contributed by atoms with van der Waals surface area (Å²) in [6.07, 6.45) is 0. The summed E-state index contributed by atoms with van der Waals surface area (Å²) in [5.74, 6) is 0.827. The lowest BCUT2D eigenvalue weighted by Crippen LogP contribution is -1.94. The van der Waals surface area contributed by atoms with Crippen LogP contribution in [0.2, 0.25) is 0 Å². The smallest absolute Gasteiger partial charge is 0.0620 e. The molecule has 0 atom stereocenters. The quantitative estimate of drug-likeness (QED) is 0.159. The van der Waals surface area contributed by atoms with Gasteiger partial charge in [0, 0.05) is 109 Å². The molecule has 0 aliphatic rings. The molecule has 96 heavy (non-hydrogen) atoms. The number of benzene rings is 14. The fraction of sp³-hybridized carbons (Fsp3) is 0.0667. The Bertz CT molecular complexity index is 6570. The summed E-state index contributed by atoms with van der Waals surface area (Å²) >= 11 is 0. The van der Waals surface area contributed by atoms with Gasteiger partial charge in [0.15, 0.2) is 0 Å². The Kier molecular flexibility index (Phi) is 11.0. The highest BCUT2D eigenvalue weighted by Crippen LogP contribution is 2.49. The van der Waals surface area contributed by atoms with Crippen LogP contribution in [-0.4, -0.2) is 27.1 Å². The van der Waals surface area contributed by atoms with Gasteiger partial charge in [-0.1, -0.05) is 173 Å². The minimum absolute atomic E-state index is 0.409. The van der Waals surface area contributed by atoms with Crippen molar-refractivity contribution in [1.29, 1.82) is 0 Å². The minimum Gasteiger partial charge on any atom is -0.309 e. The van der Waals surface area contributed by atoms with Gasteiger partial charge >= 0.3 is 0 Å². The molecule has 0 aliphatic carbocycles. The van der Waals surface area contributed by atoms with Gasteiger partial charge in [-0.15, -0.1) is 0 Å². The van der Waals surface area contributed by atoms with E-state index in [0.717, 1.165) is 0 Å². The predicted molar refractivity (Wildman–Crippen MR) is 408 cm³/mol. The van der Waals surface area contributed by atoms with Crippen LogP contribution in [-0.2, 0) is 0 Å². The van der Waals surface area contributed by atoms with E-state index in [1.807, 2.05) is 0 Å². The first-order valence-electron chi connectivity index (χ1n) is 33.8. The third-order valence-electron chi connectivity index (χ3n) is 21.4. The molecule has 0 fully saturated rings. The van der Waals surface area contributed by atoms with E-state index in [1.54, 1.807) is 0 Å². The van der Waals surface area contributed by atoms with E-state index in [0.29, 0.717) is 11.8 Å². The second kappa shape index (κ2) is 19.7. The molecule has 452 valence electrons. The van der Waals surface area contributed by atoms with Crippen molar-refractivity contribution in [3.05, 3.63) is 302 Å². The van der Waals surface area contributed by atoms with Gasteiger partial charge in [-0.2, -0.15) is 0 Å². The first-order chi connectivity index (χ1) is 47.3. The highest BCUT2D eigenvalue weighted by Gasteiger charge is 2.27. The molecule has 6 heteroatoms. The lowest BCUT2D eigenvalue weighted by atomic mass is 9.97. The van der Waals surface area contributed by atoms with Crippen molar-refractivity contribution >= 4 is 163 Å². The van der Waals surface area contributed by atoms with Crippen molar-refractivity contribution < 1.29 is 0 Å². The second-order valence-electron chi connectivity index (χ2n) is 27.2. The molecule has 0 saturated heterocycles. The Balaban J connectivity index is 0.000000127. The predicted octanol–water partition coefficient (Wildman–Crippen LogP) is 24.3. The Morgan fingerprint density at radius 3 is 0.688 bits per heavy atom. The van der Waals surface area contributed by atoms with Crippen molar-refractivity contribution in [3.8, 4) is 22.7 Å². The SMILES string of the molecule is CC(C)c1cc2c3cc4c(cc3n3c5cc6c7ccccc7n(-c7ccccc7)c6cc5c(c1)c23)c1ccccc1n4-c1ccccc1.CC(C)c1cc2c3cc4c5ccccc5n(-c5ccccc5)c4cc3n3c4cc5c(cc4c(c1)c23)c1ccccc1n5-c1ccccc1. The highest BCUT2D eigenvalue weighted by molar-refractivity contribution is 6.31. The molecule has 0 unspecified atom stereocenters. The summed E-state index contributed by atoms with van der Waals surface area (Å²) in [6.45, 7) is 9.24. The third kappa shape index (κ3) is 7.25. The Morgan fingerprint density at radius 2 is 0.396 bits per heavy atom. The molecule has 0 spiro atoms. The Hall–Kier alpha value is -12.1. The summed E-state index contributed by atoms with van der Waals surface area (Å²) in [5.41, 5.74) is 25.0. The summed E-state index contributed by atoms with van der Waals surface area (Å²) in [6, 6.07) is 108. The van der Waals surface area contributed by atoms with Crippen molar-refractivity contribution in [3.63, 3.8) is 0 Å². The normalized spacial score (nSPS) is 12.6. The zero-order chi connectivity index (χ0) is 63.3. The zero-order valence-electron chi connectivity index (χ0n) is 53.6. The van der Waals surface area contributed by atoms with Crippen LogP contribution in [0.25, 0.3) is 186 Å². The van der Waals surface area contributed by atoms with Crippen LogP contribution >= 0.6 is 0 Å². The van der Waals surface area contributed by atoms with Crippen molar-refractivity contribution in [2.75, 3.05) is 0 Å². The molecule has 0 aliphatic heterocycles. The standard InChI is InChI=1S/2C45H31N3/c1-27(2)28-21-37-35-25-41-33(31-17-9-11-19-39(31)46(41)29-13-5-3-6-14-29)23-43(35)48-44-24-34-32-18-10-12-20-40(32)47(30-15-7-4-8-16-30)42(34)26-36(44)38(22-28)45(37)48;1-27(2)28-21-37-35-23-33-31-17-9-11-19-39(31)46(29-13-5-3-6-14-29)41(33)25-43(35)48-44-26-42-34(24-36(44)38(22-28)45(37)48)32-18-10-12-20-40(32)47(42)30-15-7-4-8-16-30/h2*3-27H,1-2H3. The molecule has 22 rings (SSSR count). The number of hydrogen-bond donors (Lipinski definition) is 0. The largest absolute Gasteiger partial charge is 0.309 e. The van der Waals surface area contributed by atoms with E-state index in [4.69, 9.17) is 0 Å².